The molecule has 0 fully saturated rings. The van der Waals surface area contributed by atoms with Crippen molar-refractivity contribution in [2.45, 2.75) is 46.1 Å². The molecule has 3 nitrogen and oxygen atoms in total. The Morgan fingerprint density at radius 2 is 1.78 bits per heavy atom. The fraction of sp³-hybridized carbons (Fsp3) is 0.409. The van der Waals surface area contributed by atoms with Gasteiger partial charge in [0.15, 0.2) is 5.60 Å². The zero-order chi connectivity index (χ0) is 20.0. The van der Waals surface area contributed by atoms with Gasteiger partial charge in [0.25, 0.3) is 0 Å². The van der Waals surface area contributed by atoms with Gasteiger partial charge in [-0.1, -0.05) is 32.4 Å². The second-order valence-electron chi connectivity index (χ2n) is 7.20. The highest BCUT2D eigenvalue weighted by molar-refractivity contribution is 5.79. The third-order valence-corrected chi connectivity index (χ3v) is 4.50. The second kappa shape index (κ2) is 8.98. The predicted molar refractivity (Wildman–Crippen MR) is 102 cm³/mol. The monoisotopic (exact) mass is 376 g/mol. The first-order valence-electron chi connectivity index (χ1n) is 9.14. The Kier molecular flexibility index (Phi) is 6.94. The molecule has 1 atom stereocenters. The van der Waals surface area contributed by atoms with Gasteiger partial charge in [-0.05, 0) is 56.0 Å². The van der Waals surface area contributed by atoms with E-state index < -0.39 is 23.2 Å². The quantitative estimate of drug-likeness (QED) is 0.549. The smallest absolute Gasteiger partial charge is 0.349 e. The standard InChI is InChI=1S/C22H26F2O3/c1-5-15(2)12-13-26-21(25)22(3,4)27-18-9-6-16(7-10-18)19-11-8-17(23)14-20(19)24/h6-11,14-15H,5,12-13H2,1-4H3. The van der Waals surface area contributed by atoms with Crippen LogP contribution in [0.15, 0.2) is 42.5 Å². The summed E-state index contributed by atoms with van der Waals surface area (Å²) < 4.78 is 38.0. The van der Waals surface area contributed by atoms with Gasteiger partial charge in [-0.2, -0.15) is 0 Å². The average Bonchev–Trinajstić information content (AvgIpc) is 2.62. The van der Waals surface area contributed by atoms with Gasteiger partial charge in [0.05, 0.1) is 6.61 Å². The highest BCUT2D eigenvalue weighted by atomic mass is 19.1. The van der Waals surface area contributed by atoms with Crippen LogP contribution < -0.4 is 4.74 Å². The number of ether oxygens (including phenoxy) is 2. The van der Waals surface area contributed by atoms with E-state index in [4.69, 9.17) is 9.47 Å². The molecule has 0 saturated heterocycles. The summed E-state index contributed by atoms with van der Waals surface area (Å²) in [7, 11) is 0. The lowest BCUT2D eigenvalue weighted by molar-refractivity contribution is -0.159. The van der Waals surface area contributed by atoms with Gasteiger partial charge in [-0.3, -0.25) is 0 Å². The van der Waals surface area contributed by atoms with Crippen LogP contribution in [0.3, 0.4) is 0 Å². The summed E-state index contributed by atoms with van der Waals surface area (Å²) in [6.07, 6.45) is 1.86. The minimum atomic E-state index is -1.14. The normalized spacial score (nSPS) is 12.5. The fourth-order valence-corrected chi connectivity index (χ4v) is 2.49. The van der Waals surface area contributed by atoms with Crippen molar-refractivity contribution in [3.63, 3.8) is 0 Å². The van der Waals surface area contributed by atoms with E-state index in [1.165, 1.54) is 12.1 Å². The maximum atomic E-state index is 13.9. The average molecular weight is 376 g/mol. The van der Waals surface area contributed by atoms with Gasteiger partial charge in [-0.15, -0.1) is 0 Å². The number of carbonyl (C=O) groups excluding carboxylic acids is 1. The highest BCUT2D eigenvalue weighted by Crippen LogP contribution is 2.27. The van der Waals surface area contributed by atoms with E-state index in [9.17, 15) is 13.6 Å². The molecule has 2 aromatic rings. The molecule has 2 rings (SSSR count). The maximum absolute atomic E-state index is 13.9. The summed E-state index contributed by atoms with van der Waals surface area (Å²) in [5.74, 6) is -0.718. The van der Waals surface area contributed by atoms with Crippen LogP contribution in [0.2, 0.25) is 0 Å². The van der Waals surface area contributed by atoms with Gasteiger partial charge in [0.2, 0.25) is 0 Å². The van der Waals surface area contributed by atoms with Crippen LogP contribution in [0.5, 0.6) is 5.75 Å². The van der Waals surface area contributed by atoms with E-state index in [1.54, 1.807) is 38.1 Å². The van der Waals surface area contributed by atoms with Crippen molar-refractivity contribution < 1.29 is 23.0 Å². The third kappa shape index (κ3) is 5.78. The second-order valence-corrected chi connectivity index (χ2v) is 7.20. The summed E-state index contributed by atoms with van der Waals surface area (Å²) in [6, 6.07) is 10.1. The molecule has 0 aliphatic rings. The Labute approximate surface area is 159 Å². The lowest BCUT2D eigenvalue weighted by Gasteiger charge is -2.24. The molecule has 0 N–H and O–H groups in total. The molecule has 27 heavy (non-hydrogen) atoms. The fourth-order valence-electron chi connectivity index (χ4n) is 2.49. The molecule has 2 aromatic carbocycles. The number of rotatable bonds is 8. The highest BCUT2D eigenvalue weighted by Gasteiger charge is 2.31. The Morgan fingerprint density at radius 1 is 1.11 bits per heavy atom. The summed E-state index contributed by atoms with van der Waals surface area (Å²) >= 11 is 0. The molecular formula is C22H26F2O3. The topological polar surface area (TPSA) is 35.5 Å². The largest absolute Gasteiger partial charge is 0.476 e. The van der Waals surface area contributed by atoms with Gasteiger partial charge in [0.1, 0.15) is 17.4 Å². The molecule has 0 aromatic heterocycles. The van der Waals surface area contributed by atoms with Crippen LogP contribution in [0.25, 0.3) is 11.1 Å². The predicted octanol–water partition coefficient (Wildman–Crippen LogP) is 5.77. The minimum absolute atomic E-state index is 0.298. The van der Waals surface area contributed by atoms with E-state index in [2.05, 4.69) is 13.8 Å². The zero-order valence-electron chi connectivity index (χ0n) is 16.2. The Balaban J connectivity index is 2.01. The first-order valence-corrected chi connectivity index (χ1v) is 9.14. The number of hydrogen-bond acceptors (Lipinski definition) is 3. The third-order valence-electron chi connectivity index (χ3n) is 4.50. The van der Waals surface area contributed by atoms with Gasteiger partial charge in [-0.25, -0.2) is 13.6 Å². The SMILES string of the molecule is CCC(C)CCOC(=O)C(C)(C)Oc1ccc(-c2ccc(F)cc2F)cc1. The molecule has 0 spiro atoms. The van der Waals surface area contributed by atoms with E-state index >= 15 is 0 Å². The number of carbonyl (C=O) groups is 1. The molecular weight excluding hydrogens is 350 g/mol. The van der Waals surface area contributed by atoms with Crippen molar-refractivity contribution in [3.8, 4) is 16.9 Å². The summed E-state index contributed by atoms with van der Waals surface area (Å²) in [5.41, 5.74) is -0.251. The first kappa shape index (κ1) is 20.9. The van der Waals surface area contributed by atoms with E-state index in [0.717, 1.165) is 18.9 Å². The van der Waals surface area contributed by atoms with Crippen molar-refractivity contribution >= 4 is 5.97 Å². The van der Waals surface area contributed by atoms with Crippen molar-refractivity contribution in [2.24, 2.45) is 5.92 Å². The molecule has 0 radical (unpaired) electrons. The minimum Gasteiger partial charge on any atom is -0.476 e. The number of halogens is 2. The lowest BCUT2D eigenvalue weighted by atomic mass is 10.0. The summed E-state index contributed by atoms with van der Waals surface area (Å²) in [4.78, 5) is 12.3. The maximum Gasteiger partial charge on any atom is 0.349 e. The van der Waals surface area contributed by atoms with Crippen LogP contribution in [-0.4, -0.2) is 18.2 Å². The van der Waals surface area contributed by atoms with Crippen LogP contribution in [0.4, 0.5) is 8.78 Å². The zero-order valence-corrected chi connectivity index (χ0v) is 16.2. The van der Waals surface area contributed by atoms with Crippen molar-refractivity contribution in [2.75, 3.05) is 6.61 Å². The van der Waals surface area contributed by atoms with Gasteiger partial charge in [0, 0.05) is 11.6 Å². The molecule has 0 bridgehead atoms. The number of esters is 1. The molecule has 1 unspecified atom stereocenters. The molecule has 0 amide bonds. The summed E-state index contributed by atoms with van der Waals surface area (Å²) in [5, 5.41) is 0. The Hall–Kier alpha value is -2.43. The Bertz CT molecular complexity index is 770. The lowest BCUT2D eigenvalue weighted by Crippen LogP contribution is -2.40. The van der Waals surface area contributed by atoms with Gasteiger partial charge < -0.3 is 9.47 Å². The van der Waals surface area contributed by atoms with Gasteiger partial charge >= 0.3 is 5.97 Å². The number of hydrogen-bond donors (Lipinski definition) is 0. The molecule has 5 heteroatoms. The van der Waals surface area contributed by atoms with Crippen LogP contribution >= 0.6 is 0 Å². The molecule has 0 aliphatic carbocycles. The van der Waals surface area contributed by atoms with Crippen LogP contribution in [0, 0.1) is 17.6 Å². The van der Waals surface area contributed by atoms with E-state index in [0.29, 0.717) is 29.4 Å². The van der Waals surface area contributed by atoms with Crippen molar-refractivity contribution in [3.05, 3.63) is 54.1 Å². The van der Waals surface area contributed by atoms with Crippen LogP contribution in [0.1, 0.15) is 40.5 Å². The number of benzene rings is 2. The summed E-state index contributed by atoms with van der Waals surface area (Å²) in [6.45, 7) is 7.86. The molecule has 0 heterocycles. The first-order chi connectivity index (χ1) is 12.7. The van der Waals surface area contributed by atoms with Crippen molar-refractivity contribution in [1.82, 2.24) is 0 Å². The molecule has 0 aliphatic heterocycles. The van der Waals surface area contributed by atoms with E-state index in [-0.39, 0.29) is 0 Å². The van der Waals surface area contributed by atoms with E-state index in [1.807, 2.05) is 0 Å². The Morgan fingerprint density at radius 3 is 2.37 bits per heavy atom. The molecule has 0 saturated carbocycles. The van der Waals surface area contributed by atoms with Crippen LogP contribution in [-0.2, 0) is 9.53 Å². The van der Waals surface area contributed by atoms with Crippen molar-refractivity contribution in [1.29, 1.82) is 0 Å². The molecule has 146 valence electrons.